The highest BCUT2D eigenvalue weighted by atomic mass is 16.4. The number of aryl methyl sites for hydroxylation is 2. The minimum absolute atomic E-state index is 0.158. The van der Waals surface area contributed by atoms with Crippen LogP contribution in [0.4, 0.5) is 0 Å². The first-order valence-electron chi connectivity index (χ1n) is 7.35. The number of hydrogen-bond donors (Lipinski definition) is 1. The second kappa shape index (κ2) is 6.04. The molecule has 0 radical (unpaired) electrons. The Bertz CT molecular complexity index is 854. The second-order valence-electron chi connectivity index (χ2n) is 5.52. The summed E-state index contributed by atoms with van der Waals surface area (Å²) in [6.07, 6.45) is -0.158. The lowest BCUT2D eigenvalue weighted by molar-refractivity contribution is -0.136. The maximum atomic E-state index is 11.1. The number of carboxylic acid groups (broad SMARTS) is 1. The Morgan fingerprint density at radius 3 is 2.57 bits per heavy atom. The summed E-state index contributed by atoms with van der Waals surface area (Å²) in [4.78, 5) is 11.1. The maximum Gasteiger partial charge on any atom is 0.309 e. The first-order chi connectivity index (χ1) is 11.1. The number of carbonyl (C=O) groups is 1. The molecule has 0 unspecified atom stereocenters. The number of carboxylic acids is 1. The molecule has 23 heavy (non-hydrogen) atoms. The van der Waals surface area contributed by atoms with Gasteiger partial charge in [0.25, 0.3) is 0 Å². The largest absolute Gasteiger partial charge is 0.481 e. The summed E-state index contributed by atoms with van der Waals surface area (Å²) in [5.74, 6) is -0.921. The van der Waals surface area contributed by atoms with Gasteiger partial charge in [-0.1, -0.05) is 47.7 Å². The zero-order chi connectivity index (χ0) is 16.4. The van der Waals surface area contributed by atoms with Crippen molar-refractivity contribution in [1.29, 1.82) is 0 Å². The molecule has 5 nitrogen and oxygen atoms in total. The van der Waals surface area contributed by atoms with E-state index in [4.69, 9.17) is 5.11 Å². The van der Waals surface area contributed by atoms with Crippen LogP contribution in [-0.2, 0) is 11.2 Å². The zero-order valence-electron chi connectivity index (χ0n) is 13.0. The minimum atomic E-state index is -0.921. The van der Waals surface area contributed by atoms with Gasteiger partial charge in [0.05, 0.1) is 17.8 Å². The molecule has 0 aliphatic carbocycles. The standard InChI is InChI=1S/C18H17N3O2/c1-12-8-9-13(2)16(10-12)21-18(14-6-4-3-5-7-14)15(19-20-21)11-17(22)23/h3-10H,11H2,1-2H3,(H,22,23). The molecule has 0 saturated carbocycles. The fourth-order valence-corrected chi connectivity index (χ4v) is 2.58. The van der Waals surface area contributed by atoms with E-state index in [2.05, 4.69) is 10.3 Å². The van der Waals surface area contributed by atoms with Crippen LogP contribution in [0.25, 0.3) is 16.9 Å². The van der Waals surface area contributed by atoms with Crippen molar-refractivity contribution < 1.29 is 9.90 Å². The number of rotatable bonds is 4. The van der Waals surface area contributed by atoms with Crippen molar-refractivity contribution in [2.75, 3.05) is 0 Å². The lowest BCUT2D eigenvalue weighted by Gasteiger charge is -2.11. The van der Waals surface area contributed by atoms with Crippen LogP contribution in [0.1, 0.15) is 16.8 Å². The molecule has 0 saturated heterocycles. The highest BCUT2D eigenvalue weighted by Crippen LogP contribution is 2.27. The molecule has 1 heterocycles. The monoisotopic (exact) mass is 307 g/mol. The van der Waals surface area contributed by atoms with Gasteiger partial charge in [-0.15, -0.1) is 5.10 Å². The van der Waals surface area contributed by atoms with Crippen LogP contribution >= 0.6 is 0 Å². The summed E-state index contributed by atoms with van der Waals surface area (Å²) in [6, 6.07) is 15.7. The molecule has 3 aromatic rings. The molecule has 0 amide bonds. The van der Waals surface area contributed by atoms with Gasteiger partial charge in [0.1, 0.15) is 5.69 Å². The SMILES string of the molecule is Cc1ccc(C)c(-n2nnc(CC(=O)O)c2-c2ccccc2)c1. The highest BCUT2D eigenvalue weighted by molar-refractivity contribution is 5.74. The van der Waals surface area contributed by atoms with Crippen molar-refractivity contribution in [3.63, 3.8) is 0 Å². The van der Waals surface area contributed by atoms with E-state index in [9.17, 15) is 4.79 Å². The number of benzene rings is 2. The quantitative estimate of drug-likeness (QED) is 0.804. The first-order valence-corrected chi connectivity index (χ1v) is 7.35. The molecule has 2 aromatic carbocycles. The highest BCUT2D eigenvalue weighted by Gasteiger charge is 2.19. The van der Waals surface area contributed by atoms with Gasteiger partial charge in [-0.3, -0.25) is 4.79 Å². The van der Waals surface area contributed by atoms with Gasteiger partial charge in [0, 0.05) is 5.56 Å². The van der Waals surface area contributed by atoms with Gasteiger partial charge in [0.2, 0.25) is 0 Å². The Morgan fingerprint density at radius 1 is 1.13 bits per heavy atom. The minimum Gasteiger partial charge on any atom is -0.481 e. The second-order valence-corrected chi connectivity index (χ2v) is 5.52. The summed E-state index contributed by atoms with van der Waals surface area (Å²) in [6.45, 7) is 4.02. The Labute approximate surface area is 134 Å². The third-order valence-corrected chi connectivity index (χ3v) is 3.70. The molecule has 0 fully saturated rings. The van der Waals surface area contributed by atoms with Crippen molar-refractivity contribution >= 4 is 5.97 Å². The molecule has 116 valence electrons. The fraction of sp³-hybridized carbons (Fsp3) is 0.167. The van der Waals surface area contributed by atoms with Gasteiger partial charge in [0.15, 0.2) is 0 Å². The summed E-state index contributed by atoms with van der Waals surface area (Å²) < 4.78 is 1.73. The molecule has 5 heteroatoms. The average molecular weight is 307 g/mol. The molecular formula is C18H17N3O2. The van der Waals surface area contributed by atoms with Crippen LogP contribution in [0.3, 0.4) is 0 Å². The van der Waals surface area contributed by atoms with Crippen molar-refractivity contribution in [2.45, 2.75) is 20.3 Å². The Kier molecular flexibility index (Phi) is 3.93. The van der Waals surface area contributed by atoms with Gasteiger partial charge < -0.3 is 5.11 Å². The van der Waals surface area contributed by atoms with Crippen LogP contribution in [0.15, 0.2) is 48.5 Å². The normalized spacial score (nSPS) is 10.7. The predicted octanol–water partition coefficient (Wildman–Crippen LogP) is 3.18. The van der Waals surface area contributed by atoms with E-state index >= 15 is 0 Å². The van der Waals surface area contributed by atoms with Crippen LogP contribution in [0.5, 0.6) is 0 Å². The Morgan fingerprint density at radius 2 is 1.87 bits per heavy atom. The predicted molar refractivity (Wildman–Crippen MR) is 87.6 cm³/mol. The zero-order valence-corrected chi connectivity index (χ0v) is 13.0. The summed E-state index contributed by atoms with van der Waals surface area (Å²) in [5.41, 5.74) is 5.16. The molecule has 0 atom stereocenters. The van der Waals surface area contributed by atoms with E-state index in [1.165, 1.54) is 0 Å². The average Bonchev–Trinajstić information content (AvgIpc) is 2.93. The number of aromatic nitrogens is 3. The van der Waals surface area contributed by atoms with Gasteiger partial charge >= 0.3 is 5.97 Å². The molecule has 0 aliphatic rings. The van der Waals surface area contributed by atoms with Crippen LogP contribution in [0.2, 0.25) is 0 Å². The molecule has 3 rings (SSSR count). The molecule has 1 aromatic heterocycles. The lowest BCUT2D eigenvalue weighted by atomic mass is 10.1. The molecule has 0 spiro atoms. The third-order valence-electron chi connectivity index (χ3n) is 3.70. The van der Waals surface area contributed by atoms with Crippen molar-refractivity contribution in [1.82, 2.24) is 15.0 Å². The van der Waals surface area contributed by atoms with Crippen LogP contribution < -0.4 is 0 Å². The van der Waals surface area contributed by atoms with E-state index in [0.717, 1.165) is 28.1 Å². The number of hydrogen-bond acceptors (Lipinski definition) is 3. The van der Waals surface area contributed by atoms with Crippen LogP contribution in [0, 0.1) is 13.8 Å². The maximum absolute atomic E-state index is 11.1. The molecule has 1 N–H and O–H groups in total. The van der Waals surface area contributed by atoms with E-state index in [0.29, 0.717) is 5.69 Å². The van der Waals surface area contributed by atoms with Crippen LogP contribution in [-0.4, -0.2) is 26.1 Å². The summed E-state index contributed by atoms with van der Waals surface area (Å²) in [5, 5.41) is 17.5. The Hall–Kier alpha value is -2.95. The summed E-state index contributed by atoms with van der Waals surface area (Å²) >= 11 is 0. The molecular weight excluding hydrogens is 290 g/mol. The Balaban J connectivity index is 2.23. The number of aliphatic carboxylic acids is 1. The third kappa shape index (κ3) is 2.99. The lowest BCUT2D eigenvalue weighted by Crippen LogP contribution is -2.05. The van der Waals surface area contributed by atoms with Crippen molar-refractivity contribution in [2.24, 2.45) is 0 Å². The van der Waals surface area contributed by atoms with E-state index in [1.54, 1.807) is 4.68 Å². The first kappa shape index (κ1) is 15.0. The van der Waals surface area contributed by atoms with Gasteiger partial charge in [-0.2, -0.15) is 0 Å². The molecule has 0 aliphatic heterocycles. The topological polar surface area (TPSA) is 68.0 Å². The van der Waals surface area contributed by atoms with E-state index in [-0.39, 0.29) is 6.42 Å². The van der Waals surface area contributed by atoms with Gasteiger partial charge in [-0.25, -0.2) is 4.68 Å². The number of nitrogens with zero attached hydrogens (tertiary/aromatic N) is 3. The van der Waals surface area contributed by atoms with Crippen molar-refractivity contribution in [3.8, 4) is 16.9 Å². The van der Waals surface area contributed by atoms with E-state index in [1.807, 2.05) is 62.4 Å². The van der Waals surface area contributed by atoms with E-state index < -0.39 is 5.97 Å². The summed E-state index contributed by atoms with van der Waals surface area (Å²) in [7, 11) is 0. The smallest absolute Gasteiger partial charge is 0.309 e. The van der Waals surface area contributed by atoms with Gasteiger partial charge in [-0.05, 0) is 31.0 Å². The molecule has 0 bridgehead atoms. The fourth-order valence-electron chi connectivity index (χ4n) is 2.58. The van der Waals surface area contributed by atoms with Crippen molar-refractivity contribution in [3.05, 3.63) is 65.4 Å².